The Kier molecular flexibility index (Phi) is 7.05. The minimum Gasteiger partial charge on any atom is -0.343 e. The van der Waals surface area contributed by atoms with Crippen molar-refractivity contribution in [3.05, 3.63) is 71.8 Å². The maximum absolute atomic E-state index is 12.8. The molecule has 2 aromatic carbocycles. The first-order valence-corrected chi connectivity index (χ1v) is 10.3. The lowest BCUT2D eigenvalue weighted by molar-refractivity contribution is -0.137. The quantitative estimate of drug-likeness (QED) is 0.727. The van der Waals surface area contributed by atoms with E-state index in [2.05, 4.69) is 79.4 Å². The van der Waals surface area contributed by atoms with Crippen molar-refractivity contribution in [3.8, 4) is 0 Å². The van der Waals surface area contributed by atoms with Crippen molar-refractivity contribution in [1.82, 2.24) is 9.80 Å². The predicted molar refractivity (Wildman–Crippen MR) is 112 cm³/mol. The Morgan fingerprint density at radius 1 is 1.00 bits per heavy atom. The molecule has 144 valence electrons. The van der Waals surface area contributed by atoms with E-state index in [-0.39, 0.29) is 5.92 Å². The molecule has 1 aliphatic heterocycles. The minimum atomic E-state index is 0.144. The molecule has 1 saturated heterocycles. The van der Waals surface area contributed by atoms with Crippen molar-refractivity contribution in [2.45, 2.75) is 32.6 Å². The highest BCUT2D eigenvalue weighted by Gasteiger charge is 2.29. The maximum atomic E-state index is 12.8. The van der Waals surface area contributed by atoms with Gasteiger partial charge in [0.15, 0.2) is 0 Å². The summed E-state index contributed by atoms with van der Waals surface area (Å²) in [6.45, 7) is 8.69. The van der Waals surface area contributed by atoms with Gasteiger partial charge in [-0.3, -0.25) is 4.79 Å². The van der Waals surface area contributed by atoms with Crippen molar-refractivity contribution in [3.63, 3.8) is 0 Å². The summed E-state index contributed by atoms with van der Waals surface area (Å²) in [4.78, 5) is 17.3. The number of amides is 1. The van der Waals surface area contributed by atoms with Gasteiger partial charge in [0.1, 0.15) is 0 Å². The summed E-state index contributed by atoms with van der Waals surface area (Å²) < 4.78 is 0. The smallest absolute Gasteiger partial charge is 0.226 e. The zero-order valence-electron chi connectivity index (χ0n) is 16.7. The molecule has 0 spiro atoms. The average Bonchev–Trinajstić information content (AvgIpc) is 2.74. The molecule has 27 heavy (non-hydrogen) atoms. The van der Waals surface area contributed by atoms with Crippen molar-refractivity contribution < 1.29 is 4.79 Å². The SMILES string of the molecule is CCN(CC)C(=O)[C@H]1CCCN(CC(c2ccccc2)c2ccccc2)C1. The average molecular weight is 365 g/mol. The second-order valence-electron chi connectivity index (χ2n) is 7.48. The van der Waals surface area contributed by atoms with Crippen LogP contribution in [0.5, 0.6) is 0 Å². The van der Waals surface area contributed by atoms with Crippen LogP contribution in [0.3, 0.4) is 0 Å². The van der Waals surface area contributed by atoms with E-state index in [0.717, 1.165) is 45.6 Å². The molecule has 3 nitrogen and oxygen atoms in total. The van der Waals surface area contributed by atoms with Crippen molar-refractivity contribution >= 4 is 5.91 Å². The lowest BCUT2D eigenvalue weighted by Crippen LogP contribution is -2.45. The summed E-state index contributed by atoms with van der Waals surface area (Å²) in [6, 6.07) is 21.5. The van der Waals surface area contributed by atoms with Gasteiger partial charge in [0.25, 0.3) is 0 Å². The molecule has 0 N–H and O–H groups in total. The molecule has 0 radical (unpaired) electrons. The highest BCUT2D eigenvalue weighted by atomic mass is 16.2. The van der Waals surface area contributed by atoms with Crippen LogP contribution in [0.15, 0.2) is 60.7 Å². The number of nitrogens with zero attached hydrogens (tertiary/aromatic N) is 2. The Bertz CT molecular complexity index is 657. The fourth-order valence-electron chi connectivity index (χ4n) is 4.25. The van der Waals surface area contributed by atoms with Gasteiger partial charge in [0.2, 0.25) is 5.91 Å². The number of benzene rings is 2. The fourth-order valence-corrected chi connectivity index (χ4v) is 4.25. The van der Waals surface area contributed by atoms with Crippen LogP contribution in [0.4, 0.5) is 0 Å². The minimum absolute atomic E-state index is 0.144. The van der Waals surface area contributed by atoms with Gasteiger partial charge >= 0.3 is 0 Å². The van der Waals surface area contributed by atoms with Crippen LogP contribution in [0.1, 0.15) is 43.7 Å². The lowest BCUT2D eigenvalue weighted by atomic mass is 9.89. The molecule has 1 aliphatic rings. The predicted octanol–water partition coefficient (Wildman–Crippen LogP) is 4.40. The van der Waals surface area contributed by atoms with Crippen molar-refractivity contribution in [2.75, 3.05) is 32.7 Å². The zero-order valence-corrected chi connectivity index (χ0v) is 16.7. The molecule has 1 heterocycles. The van der Waals surface area contributed by atoms with Gasteiger partial charge in [0.05, 0.1) is 5.92 Å². The number of piperidine rings is 1. The Morgan fingerprint density at radius 2 is 1.56 bits per heavy atom. The van der Waals surface area contributed by atoms with E-state index in [1.807, 2.05) is 4.90 Å². The van der Waals surface area contributed by atoms with E-state index in [0.29, 0.717) is 11.8 Å². The van der Waals surface area contributed by atoms with Crippen LogP contribution in [0, 0.1) is 5.92 Å². The van der Waals surface area contributed by atoms with Gasteiger partial charge in [-0.15, -0.1) is 0 Å². The fraction of sp³-hybridized carbons (Fsp3) is 0.458. The molecule has 0 unspecified atom stereocenters. The highest BCUT2D eigenvalue weighted by Crippen LogP contribution is 2.28. The van der Waals surface area contributed by atoms with E-state index < -0.39 is 0 Å². The van der Waals surface area contributed by atoms with E-state index >= 15 is 0 Å². The number of hydrogen-bond donors (Lipinski definition) is 0. The highest BCUT2D eigenvalue weighted by molar-refractivity contribution is 5.79. The van der Waals surface area contributed by atoms with E-state index in [9.17, 15) is 4.79 Å². The zero-order chi connectivity index (χ0) is 19.1. The molecule has 1 fully saturated rings. The van der Waals surface area contributed by atoms with Crippen molar-refractivity contribution in [1.29, 1.82) is 0 Å². The Morgan fingerprint density at radius 3 is 2.07 bits per heavy atom. The molecule has 0 saturated carbocycles. The Labute approximate surface area is 164 Å². The van der Waals surface area contributed by atoms with Crippen molar-refractivity contribution in [2.24, 2.45) is 5.92 Å². The molecule has 0 bridgehead atoms. The Balaban J connectivity index is 1.75. The molecule has 2 aromatic rings. The third-order valence-corrected chi connectivity index (χ3v) is 5.77. The van der Waals surface area contributed by atoms with Gasteiger partial charge in [-0.1, -0.05) is 60.7 Å². The molecule has 0 aliphatic carbocycles. The summed E-state index contributed by atoms with van der Waals surface area (Å²) in [7, 11) is 0. The Hall–Kier alpha value is -2.13. The standard InChI is InChI=1S/C24H32N2O/c1-3-26(4-2)24(27)22-16-11-17-25(18-22)19-23(20-12-7-5-8-13-20)21-14-9-6-10-15-21/h5-10,12-15,22-23H,3-4,11,16-19H2,1-2H3/t22-/m0/s1. The number of carbonyl (C=O) groups is 1. The first kappa shape index (κ1) is 19.6. The normalized spacial score (nSPS) is 17.8. The van der Waals surface area contributed by atoms with E-state index in [1.165, 1.54) is 11.1 Å². The molecule has 0 aromatic heterocycles. The topological polar surface area (TPSA) is 23.6 Å². The van der Waals surface area contributed by atoms with Gasteiger partial charge in [-0.05, 0) is 44.4 Å². The number of carbonyl (C=O) groups excluding carboxylic acids is 1. The van der Waals surface area contributed by atoms with Gasteiger partial charge in [-0.25, -0.2) is 0 Å². The third-order valence-electron chi connectivity index (χ3n) is 5.77. The lowest BCUT2D eigenvalue weighted by Gasteiger charge is -2.36. The summed E-state index contributed by atoms with van der Waals surface area (Å²) in [6.07, 6.45) is 2.13. The van der Waals surface area contributed by atoms with Crippen LogP contribution in [0.25, 0.3) is 0 Å². The first-order valence-electron chi connectivity index (χ1n) is 10.3. The van der Waals surface area contributed by atoms with Crippen LogP contribution < -0.4 is 0 Å². The van der Waals surface area contributed by atoms with Gasteiger partial charge in [-0.2, -0.15) is 0 Å². The monoisotopic (exact) mass is 364 g/mol. The summed E-state index contributed by atoms with van der Waals surface area (Å²) in [5, 5.41) is 0. The van der Waals surface area contributed by atoms with Crippen LogP contribution in [0.2, 0.25) is 0 Å². The summed E-state index contributed by atoms with van der Waals surface area (Å²) in [5.74, 6) is 0.821. The molecule has 1 amide bonds. The molecule has 3 rings (SSSR count). The maximum Gasteiger partial charge on any atom is 0.226 e. The number of likely N-dealkylation sites (tertiary alicyclic amines) is 1. The van der Waals surface area contributed by atoms with Crippen LogP contribution in [-0.4, -0.2) is 48.4 Å². The van der Waals surface area contributed by atoms with E-state index in [1.54, 1.807) is 0 Å². The van der Waals surface area contributed by atoms with Gasteiger partial charge < -0.3 is 9.80 Å². The van der Waals surface area contributed by atoms with Gasteiger partial charge in [0, 0.05) is 32.1 Å². The van der Waals surface area contributed by atoms with Crippen LogP contribution in [-0.2, 0) is 4.79 Å². The largest absolute Gasteiger partial charge is 0.343 e. The molecular weight excluding hydrogens is 332 g/mol. The first-order chi connectivity index (χ1) is 13.2. The van der Waals surface area contributed by atoms with Crippen LogP contribution >= 0.6 is 0 Å². The van der Waals surface area contributed by atoms with E-state index in [4.69, 9.17) is 0 Å². The number of rotatable bonds is 7. The number of hydrogen-bond acceptors (Lipinski definition) is 2. The summed E-state index contributed by atoms with van der Waals surface area (Å²) in [5.41, 5.74) is 2.70. The summed E-state index contributed by atoms with van der Waals surface area (Å²) >= 11 is 0. The third kappa shape index (κ3) is 4.98. The molecular formula is C24H32N2O. The molecule has 3 heteroatoms. The second-order valence-corrected chi connectivity index (χ2v) is 7.48. The second kappa shape index (κ2) is 9.70. The molecule has 1 atom stereocenters.